The predicted octanol–water partition coefficient (Wildman–Crippen LogP) is 2.26. The average molecular weight is 159 g/mol. The van der Waals surface area contributed by atoms with Gasteiger partial charge in [-0.2, -0.15) is 0 Å². The van der Waals surface area contributed by atoms with Crippen LogP contribution in [0, 0.1) is 5.92 Å². The quantitative estimate of drug-likeness (QED) is 0.584. The average Bonchev–Trinajstić information content (AvgIpc) is 2.04. The van der Waals surface area contributed by atoms with Gasteiger partial charge in [0, 0.05) is 6.61 Å². The number of hydrogen-bond acceptors (Lipinski definition) is 1. The van der Waals surface area contributed by atoms with Crippen molar-refractivity contribution in [3.05, 3.63) is 0 Å². The molecule has 0 aliphatic heterocycles. The van der Waals surface area contributed by atoms with Crippen molar-refractivity contribution in [1.29, 1.82) is 0 Å². The lowest BCUT2D eigenvalue weighted by Gasteiger charge is -2.11. The van der Waals surface area contributed by atoms with Crippen LogP contribution in [0.5, 0.6) is 0 Å². The molecular weight excluding hydrogens is 140 g/mol. The van der Waals surface area contributed by atoms with E-state index in [-0.39, 0.29) is 12.5 Å². The highest BCUT2D eigenvalue weighted by atomic mass is 16.5. The van der Waals surface area contributed by atoms with Crippen molar-refractivity contribution in [3.63, 3.8) is 0 Å². The minimum absolute atomic E-state index is 0.0177. The molecule has 0 aromatic heterocycles. The smallest absolute Gasteiger partial charge is 0.0848 e. The molecule has 0 amide bonds. The molecule has 0 aliphatic carbocycles. The molecule has 2 nitrogen and oxygen atoms in total. The zero-order valence-electron chi connectivity index (χ0n) is 7.80. The third kappa shape index (κ3) is 6.32. The Balaban J connectivity index is 3.13. The highest BCUT2D eigenvalue weighted by Crippen LogP contribution is 2.03. The van der Waals surface area contributed by atoms with Crippen LogP contribution in [0.2, 0.25) is 0 Å². The summed E-state index contributed by atoms with van der Waals surface area (Å²) < 4.78 is 5.42. The summed E-state index contributed by atoms with van der Waals surface area (Å²) in [6.45, 7) is 6.87. The molecule has 0 rings (SSSR count). The zero-order valence-corrected chi connectivity index (χ0v) is 7.80. The second-order valence-electron chi connectivity index (χ2n) is 3.15. The summed E-state index contributed by atoms with van der Waals surface area (Å²) in [5.74, 6) is 0.263. The summed E-state index contributed by atoms with van der Waals surface area (Å²) in [5, 5.41) is 10.3. The molecule has 0 spiro atoms. The third-order valence-electron chi connectivity index (χ3n) is 1.87. The summed E-state index contributed by atoms with van der Waals surface area (Å²) in [4.78, 5) is 0. The lowest BCUT2D eigenvalue weighted by molar-refractivity contribution is 0.0447. The maximum Gasteiger partial charge on any atom is 0.0848 e. The highest BCUT2D eigenvalue weighted by Gasteiger charge is 2.02. The van der Waals surface area contributed by atoms with E-state index in [0.29, 0.717) is 6.10 Å². The molecule has 1 radical (unpaired) electrons. The molecule has 11 heavy (non-hydrogen) atoms. The molecule has 0 bridgehead atoms. The molecule has 0 aromatic rings. The fourth-order valence-corrected chi connectivity index (χ4v) is 0.672. The molecule has 2 atom stereocenters. The first-order valence-corrected chi connectivity index (χ1v) is 4.40. The lowest BCUT2D eigenvalue weighted by atomic mass is 10.1. The van der Waals surface area contributed by atoms with Crippen LogP contribution in [0.1, 0.15) is 33.6 Å². The minimum atomic E-state index is 0.0177. The van der Waals surface area contributed by atoms with E-state index >= 15 is 0 Å². The third-order valence-corrected chi connectivity index (χ3v) is 1.87. The zero-order chi connectivity index (χ0) is 8.69. The molecule has 0 aromatic carbocycles. The monoisotopic (exact) mass is 159 g/mol. The van der Waals surface area contributed by atoms with Gasteiger partial charge in [0.25, 0.3) is 0 Å². The van der Waals surface area contributed by atoms with Gasteiger partial charge in [0.2, 0.25) is 0 Å². The van der Waals surface area contributed by atoms with Gasteiger partial charge < -0.3 is 4.74 Å². The Hall–Kier alpha value is -0.0800. The van der Waals surface area contributed by atoms with Gasteiger partial charge in [-0.1, -0.05) is 13.8 Å². The molecular formula is C9H19O2. The Morgan fingerprint density at radius 1 is 1.36 bits per heavy atom. The standard InChI is InChI=1S/C9H19O2/c1-4-9(3)11-6-5-8(2)7-10/h8-9H,4-7H2,1-3H3. The fraction of sp³-hybridized carbons (Fsp3) is 1.00. The molecule has 67 valence electrons. The summed E-state index contributed by atoms with van der Waals surface area (Å²) in [6.07, 6.45) is 2.29. The van der Waals surface area contributed by atoms with Gasteiger partial charge in [-0.05, 0) is 25.7 Å². The first kappa shape index (κ1) is 10.9. The summed E-state index contributed by atoms with van der Waals surface area (Å²) in [7, 11) is 0. The van der Waals surface area contributed by atoms with Crippen molar-refractivity contribution in [1.82, 2.24) is 0 Å². The normalized spacial score (nSPS) is 16.4. The Labute approximate surface area is 69.6 Å². The lowest BCUT2D eigenvalue weighted by Crippen LogP contribution is -2.11. The van der Waals surface area contributed by atoms with E-state index in [9.17, 15) is 5.11 Å². The maximum atomic E-state index is 10.3. The largest absolute Gasteiger partial charge is 0.379 e. The Morgan fingerprint density at radius 2 is 2.00 bits per heavy atom. The van der Waals surface area contributed by atoms with Crippen LogP contribution in [0.3, 0.4) is 0 Å². The van der Waals surface area contributed by atoms with Crippen molar-refractivity contribution in [3.8, 4) is 0 Å². The minimum Gasteiger partial charge on any atom is -0.379 e. The van der Waals surface area contributed by atoms with Crippen molar-refractivity contribution in [2.75, 3.05) is 13.2 Å². The fourth-order valence-electron chi connectivity index (χ4n) is 0.672. The van der Waals surface area contributed by atoms with Crippen LogP contribution >= 0.6 is 0 Å². The summed E-state index contributed by atoms with van der Waals surface area (Å²) in [5.41, 5.74) is 0. The van der Waals surface area contributed by atoms with Crippen molar-refractivity contribution >= 4 is 0 Å². The molecule has 0 saturated carbocycles. The Morgan fingerprint density at radius 3 is 2.45 bits per heavy atom. The molecule has 0 aliphatic rings. The number of rotatable bonds is 6. The number of ether oxygens (including phenoxy) is 1. The van der Waals surface area contributed by atoms with Gasteiger partial charge in [0.05, 0.1) is 12.7 Å². The van der Waals surface area contributed by atoms with Crippen LogP contribution in [0.15, 0.2) is 0 Å². The van der Waals surface area contributed by atoms with Gasteiger partial charge in [-0.25, -0.2) is 5.11 Å². The van der Waals surface area contributed by atoms with Crippen molar-refractivity contribution in [2.24, 2.45) is 5.92 Å². The van der Waals surface area contributed by atoms with E-state index in [2.05, 4.69) is 13.8 Å². The Bertz CT molecular complexity index is 73.6. The second kappa shape index (κ2) is 6.62. The molecule has 2 unspecified atom stereocenters. The van der Waals surface area contributed by atoms with Gasteiger partial charge in [-0.15, -0.1) is 0 Å². The van der Waals surface area contributed by atoms with Crippen LogP contribution in [-0.4, -0.2) is 19.3 Å². The molecule has 0 fully saturated rings. The second-order valence-corrected chi connectivity index (χ2v) is 3.15. The van der Waals surface area contributed by atoms with E-state index in [0.717, 1.165) is 19.4 Å². The van der Waals surface area contributed by atoms with E-state index in [1.54, 1.807) is 0 Å². The molecule has 0 N–H and O–H groups in total. The number of hydrogen-bond donors (Lipinski definition) is 0. The summed E-state index contributed by atoms with van der Waals surface area (Å²) in [6, 6.07) is 0. The van der Waals surface area contributed by atoms with Crippen LogP contribution in [0.25, 0.3) is 0 Å². The van der Waals surface area contributed by atoms with Crippen LogP contribution in [-0.2, 0) is 9.84 Å². The van der Waals surface area contributed by atoms with E-state index in [1.807, 2.05) is 6.92 Å². The van der Waals surface area contributed by atoms with E-state index < -0.39 is 0 Å². The SMILES string of the molecule is CCC(C)OCCC(C)C[O]. The van der Waals surface area contributed by atoms with Crippen molar-refractivity contribution < 1.29 is 9.84 Å². The maximum absolute atomic E-state index is 10.3. The summed E-state index contributed by atoms with van der Waals surface area (Å²) >= 11 is 0. The topological polar surface area (TPSA) is 29.1 Å². The van der Waals surface area contributed by atoms with Crippen LogP contribution < -0.4 is 0 Å². The van der Waals surface area contributed by atoms with Gasteiger partial charge in [0.15, 0.2) is 0 Å². The van der Waals surface area contributed by atoms with Gasteiger partial charge in [0.1, 0.15) is 0 Å². The molecule has 0 saturated heterocycles. The van der Waals surface area contributed by atoms with Gasteiger partial charge >= 0.3 is 0 Å². The predicted molar refractivity (Wildman–Crippen MR) is 45.0 cm³/mol. The highest BCUT2D eigenvalue weighted by molar-refractivity contribution is 4.50. The Kier molecular flexibility index (Phi) is 6.57. The van der Waals surface area contributed by atoms with Crippen molar-refractivity contribution in [2.45, 2.75) is 39.7 Å². The first-order valence-electron chi connectivity index (χ1n) is 4.40. The van der Waals surface area contributed by atoms with Crippen LogP contribution in [0.4, 0.5) is 0 Å². The first-order chi connectivity index (χ1) is 5.20. The molecule has 0 heterocycles. The molecule has 2 heteroatoms. The van der Waals surface area contributed by atoms with Gasteiger partial charge in [-0.3, -0.25) is 0 Å². The van der Waals surface area contributed by atoms with E-state index in [4.69, 9.17) is 4.74 Å². The van der Waals surface area contributed by atoms with E-state index in [1.165, 1.54) is 0 Å².